The average Bonchev–Trinajstić information content (AvgIpc) is 2.80. The number of aliphatic hydroxyl groups is 1. The van der Waals surface area contributed by atoms with E-state index in [-0.39, 0.29) is 12.0 Å². The van der Waals surface area contributed by atoms with E-state index >= 15 is 0 Å². The first kappa shape index (κ1) is 22.9. The first-order valence-corrected chi connectivity index (χ1v) is 10.1. The van der Waals surface area contributed by atoms with Crippen LogP contribution in [0.15, 0.2) is 71.8 Å². The molecule has 0 unspecified atom stereocenters. The third kappa shape index (κ3) is 5.67. The molecule has 3 aromatic rings. The van der Waals surface area contributed by atoms with Gasteiger partial charge < -0.3 is 20.5 Å². The molecular formula is C24H25N3O5. The van der Waals surface area contributed by atoms with Crippen LogP contribution in [-0.4, -0.2) is 44.7 Å². The van der Waals surface area contributed by atoms with Gasteiger partial charge >= 0.3 is 11.7 Å². The van der Waals surface area contributed by atoms with Crippen molar-refractivity contribution in [1.29, 1.82) is 0 Å². The van der Waals surface area contributed by atoms with Gasteiger partial charge in [-0.1, -0.05) is 54.6 Å². The number of aliphatic carboxylic acids is 1. The standard InChI is InChI=1S/C24H25N3O5/c1-24(15-28,22(30)31)12-20(27-21(29)19-13-25-23(32)26-14-19)11-16-7-9-18(10-8-16)17-5-3-2-4-6-17/h2-10,13-14,20,28H,11-12,15H2,1H3,(H,27,29)(H,30,31)(H,25,26,32)/t20-,24+/m1/s1. The summed E-state index contributed by atoms with van der Waals surface area (Å²) in [5.74, 6) is -1.64. The lowest BCUT2D eigenvalue weighted by Crippen LogP contribution is -2.44. The molecule has 166 valence electrons. The number of rotatable bonds is 9. The number of hydrogen-bond donors (Lipinski definition) is 4. The van der Waals surface area contributed by atoms with E-state index in [1.54, 1.807) is 0 Å². The number of benzene rings is 2. The molecule has 8 heteroatoms. The van der Waals surface area contributed by atoms with Gasteiger partial charge in [0.25, 0.3) is 5.91 Å². The molecule has 0 saturated carbocycles. The Morgan fingerprint density at radius 2 is 1.75 bits per heavy atom. The van der Waals surface area contributed by atoms with E-state index in [2.05, 4.69) is 15.3 Å². The fraction of sp³-hybridized carbons (Fsp3) is 0.250. The van der Waals surface area contributed by atoms with Crippen molar-refractivity contribution in [2.24, 2.45) is 5.41 Å². The highest BCUT2D eigenvalue weighted by Gasteiger charge is 2.36. The summed E-state index contributed by atoms with van der Waals surface area (Å²) in [6, 6.07) is 17.1. The second kappa shape index (κ2) is 10.0. The summed E-state index contributed by atoms with van der Waals surface area (Å²) >= 11 is 0. The van der Waals surface area contributed by atoms with E-state index in [0.29, 0.717) is 6.42 Å². The Kier molecular flexibility index (Phi) is 7.17. The molecule has 0 bridgehead atoms. The van der Waals surface area contributed by atoms with Crippen molar-refractivity contribution in [3.63, 3.8) is 0 Å². The van der Waals surface area contributed by atoms with Crippen molar-refractivity contribution >= 4 is 11.9 Å². The number of carbonyl (C=O) groups is 2. The summed E-state index contributed by atoms with van der Waals surface area (Å²) in [7, 11) is 0. The van der Waals surface area contributed by atoms with Crippen LogP contribution in [0.5, 0.6) is 0 Å². The summed E-state index contributed by atoms with van der Waals surface area (Å²) < 4.78 is 0. The Labute approximate surface area is 185 Å². The van der Waals surface area contributed by atoms with Gasteiger partial charge in [0.05, 0.1) is 17.6 Å². The number of aromatic amines is 1. The van der Waals surface area contributed by atoms with Crippen LogP contribution in [0.2, 0.25) is 0 Å². The maximum atomic E-state index is 12.7. The number of carboxylic acids is 1. The SMILES string of the molecule is C[C@@](CO)(C[C@@H](Cc1ccc(-c2ccccc2)cc1)NC(=O)c1cnc(=O)[nH]c1)C(=O)O. The molecule has 2 atom stereocenters. The monoisotopic (exact) mass is 435 g/mol. The number of carbonyl (C=O) groups excluding carboxylic acids is 1. The van der Waals surface area contributed by atoms with Gasteiger partial charge in [0, 0.05) is 18.4 Å². The quantitative estimate of drug-likeness (QED) is 0.408. The van der Waals surface area contributed by atoms with Gasteiger partial charge in [-0.2, -0.15) is 0 Å². The van der Waals surface area contributed by atoms with E-state index in [1.165, 1.54) is 13.1 Å². The van der Waals surface area contributed by atoms with Gasteiger partial charge in [-0.25, -0.2) is 9.78 Å². The van der Waals surface area contributed by atoms with Crippen molar-refractivity contribution in [3.8, 4) is 11.1 Å². The minimum atomic E-state index is -1.43. The molecule has 0 aliphatic heterocycles. The van der Waals surface area contributed by atoms with E-state index in [9.17, 15) is 24.6 Å². The first-order valence-electron chi connectivity index (χ1n) is 10.1. The molecule has 1 aromatic heterocycles. The molecule has 0 spiro atoms. The van der Waals surface area contributed by atoms with Crippen molar-refractivity contribution in [2.75, 3.05) is 6.61 Å². The van der Waals surface area contributed by atoms with Crippen LogP contribution >= 0.6 is 0 Å². The molecule has 0 saturated heterocycles. The zero-order valence-electron chi connectivity index (χ0n) is 17.6. The summed E-state index contributed by atoms with van der Waals surface area (Å²) in [4.78, 5) is 41.4. The lowest BCUT2D eigenvalue weighted by Gasteiger charge is -2.28. The van der Waals surface area contributed by atoms with E-state index in [4.69, 9.17) is 0 Å². The lowest BCUT2D eigenvalue weighted by atomic mass is 9.82. The molecule has 8 nitrogen and oxygen atoms in total. The van der Waals surface area contributed by atoms with Gasteiger partial charge in [-0.05, 0) is 36.5 Å². The number of nitrogens with one attached hydrogen (secondary N) is 2. The molecule has 0 radical (unpaired) electrons. The predicted octanol–water partition coefficient (Wildman–Crippen LogP) is 2.25. The zero-order chi connectivity index (χ0) is 23.1. The van der Waals surface area contributed by atoms with Crippen molar-refractivity contribution in [1.82, 2.24) is 15.3 Å². The van der Waals surface area contributed by atoms with Gasteiger partial charge in [-0.15, -0.1) is 0 Å². The number of nitrogens with zero attached hydrogens (tertiary/aromatic N) is 1. The Morgan fingerprint density at radius 1 is 1.09 bits per heavy atom. The van der Waals surface area contributed by atoms with Gasteiger partial charge in [0.2, 0.25) is 0 Å². The van der Waals surface area contributed by atoms with Crippen LogP contribution in [-0.2, 0) is 11.2 Å². The van der Waals surface area contributed by atoms with E-state index in [0.717, 1.165) is 22.9 Å². The Morgan fingerprint density at radius 3 is 2.31 bits per heavy atom. The largest absolute Gasteiger partial charge is 0.481 e. The number of amides is 1. The maximum Gasteiger partial charge on any atom is 0.344 e. The molecule has 3 rings (SSSR count). The highest BCUT2D eigenvalue weighted by molar-refractivity contribution is 5.93. The van der Waals surface area contributed by atoms with E-state index in [1.807, 2.05) is 54.6 Å². The van der Waals surface area contributed by atoms with Crippen LogP contribution in [0.1, 0.15) is 29.3 Å². The van der Waals surface area contributed by atoms with Crippen LogP contribution < -0.4 is 11.0 Å². The smallest absolute Gasteiger partial charge is 0.344 e. The summed E-state index contributed by atoms with van der Waals surface area (Å²) in [6.45, 7) is 0.871. The molecule has 32 heavy (non-hydrogen) atoms. The molecule has 0 fully saturated rings. The van der Waals surface area contributed by atoms with Gasteiger partial charge in [0.1, 0.15) is 0 Å². The first-order chi connectivity index (χ1) is 15.3. The molecule has 1 amide bonds. The molecule has 1 heterocycles. The number of H-pyrrole nitrogens is 1. The van der Waals surface area contributed by atoms with Crippen LogP contribution in [0.4, 0.5) is 0 Å². The highest BCUT2D eigenvalue weighted by Crippen LogP contribution is 2.26. The normalized spacial score (nSPS) is 13.7. The Balaban J connectivity index is 1.81. The highest BCUT2D eigenvalue weighted by atomic mass is 16.4. The second-order valence-corrected chi connectivity index (χ2v) is 7.97. The topological polar surface area (TPSA) is 132 Å². The van der Waals surface area contributed by atoms with E-state index < -0.39 is 35.6 Å². The fourth-order valence-electron chi connectivity index (χ4n) is 3.42. The zero-order valence-corrected chi connectivity index (χ0v) is 17.6. The maximum absolute atomic E-state index is 12.7. The molecule has 2 aromatic carbocycles. The third-order valence-electron chi connectivity index (χ3n) is 5.37. The number of carboxylic acid groups (broad SMARTS) is 1. The van der Waals surface area contributed by atoms with Gasteiger partial charge in [0.15, 0.2) is 0 Å². The summed E-state index contributed by atoms with van der Waals surface area (Å²) in [5, 5.41) is 22.1. The fourth-order valence-corrected chi connectivity index (χ4v) is 3.42. The molecule has 0 aliphatic carbocycles. The molecular weight excluding hydrogens is 410 g/mol. The number of hydrogen-bond acceptors (Lipinski definition) is 5. The van der Waals surface area contributed by atoms with Crippen LogP contribution in [0.3, 0.4) is 0 Å². The van der Waals surface area contributed by atoms with Crippen LogP contribution in [0, 0.1) is 5.41 Å². The lowest BCUT2D eigenvalue weighted by molar-refractivity contribution is -0.151. The van der Waals surface area contributed by atoms with Crippen molar-refractivity contribution in [3.05, 3.63) is 88.6 Å². The van der Waals surface area contributed by atoms with Crippen LogP contribution in [0.25, 0.3) is 11.1 Å². The third-order valence-corrected chi connectivity index (χ3v) is 5.37. The van der Waals surface area contributed by atoms with Gasteiger partial charge in [-0.3, -0.25) is 9.59 Å². The number of aromatic nitrogens is 2. The minimum Gasteiger partial charge on any atom is -0.481 e. The average molecular weight is 435 g/mol. The Hall–Kier alpha value is -3.78. The molecule has 4 N–H and O–H groups in total. The summed E-state index contributed by atoms with van der Waals surface area (Å²) in [5.41, 5.74) is 1.17. The minimum absolute atomic E-state index is 0.0157. The number of aliphatic hydroxyl groups excluding tert-OH is 1. The predicted molar refractivity (Wildman–Crippen MR) is 119 cm³/mol. The summed E-state index contributed by atoms with van der Waals surface area (Å²) in [6.07, 6.45) is 2.78. The van der Waals surface area contributed by atoms with Crippen molar-refractivity contribution in [2.45, 2.75) is 25.8 Å². The molecule has 0 aliphatic rings. The Bertz CT molecular complexity index is 1110. The van der Waals surface area contributed by atoms with Crippen molar-refractivity contribution < 1.29 is 19.8 Å². The second-order valence-electron chi connectivity index (χ2n) is 7.97.